The number of amides is 8. The van der Waals surface area contributed by atoms with Gasteiger partial charge in [-0.05, 0) is 305 Å². The smallest absolute Gasteiger partial charge is 0.333 e. The van der Waals surface area contributed by atoms with Gasteiger partial charge in [-0.1, -0.05) is 34.6 Å². The third kappa shape index (κ3) is 14.9. The molecule has 36 heteroatoms. The molecule has 4 aromatic heterocycles. The van der Waals surface area contributed by atoms with Gasteiger partial charge < -0.3 is 49.3 Å². The van der Waals surface area contributed by atoms with Crippen LogP contribution in [0.1, 0.15) is 188 Å². The van der Waals surface area contributed by atoms with Crippen LogP contribution in [0.15, 0.2) is 52.7 Å². The van der Waals surface area contributed by atoms with Gasteiger partial charge in [-0.25, -0.2) is 46.5 Å². The van der Waals surface area contributed by atoms with Crippen LogP contribution in [0.5, 0.6) is 23.0 Å². The van der Waals surface area contributed by atoms with Gasteiger partial charge in [-0.2, -0.15) is 34.0 Å². The Labute approximate surface area is 655 Å². The third-order valence-corrected chi connectivity index (χ3v) is 30.0. The van der Waals surface area contributed by atoms with Crippen molar-refractivity contribution < 1.29 is 80.8 Å². The topological polar surface area (TPSA) is 416 Å². The Morgan fingerprint density at radius 2 is 0.661 bits per heavy atom. The van der Waals surface area contributed by atoms with E-state index in [0.29, 0.717) is 62.8 Å². The van der Waals surface area contributed by atoms with Crippen molar-refractivity contribution in [1.82, 2.24) is 37.9 Å². The first kappa shape index (κ1) is 75.3. The molecule has 0 saturated heterocycles. The first-order valence-corrected chi connectivity index (χ1v) is 46.1. The van der Waals surface area contributed by atoms with E-state index in [1.165, 1.54) is 44.5 Å². The second-order valence-corrected chi connectivity index (χ2v) is 38.2. The van der Waals surface area contributed by atoms with Crippen molar-refractivity contribution in [1.29, 1.82) is 0 Å². The van der Waals surface area contributed by atoms with E-state index < -0.39 is 69.3 Å². The molecule has 8 amide bonds. The van der Waals surface area contributed by atoms with Crippen LogP contribution in [0.3, 0.4) is 0 Å². The molecule has 0 spiro atoms. The quantitative estimate of drug-likeness (QED) is 0.0563. The minimum Gasteiger partial charge on any atom is -0.489 e. The Morgan fingerprint density at radius 3 is 1.09 bits per heavy atom. The largest absolute Gasteiger partial charge is 0.489 e. The summed E-state index contributed by atoms with van der Waals surface area (Å²) in [5.74, 6) is 1.18. The molecule has 8 heterocycles. The monoisotopic (exact) mass is 1640 g/mol. The average molecular weight is 1650 g/mol. The summed E-state index contributed by atoms with van der Waals surface area (Å²) in [6.07, 6.45) is 29.5. The Balaban J connectivity index is 0.000000108. The van der Waals surface area contributed by atoms with Crippen molar-refractivity contribution in [3.63, 3.8) is 0 Å². The van der Waals surface area contributed by atoms with Crippen LogP contribution in [-0.2, 0) is 169 Å². The van der Waals surface area contributed by atoms with Gasteiger partial charge >= 0.3 is 39.2 Å². The lowest BCUT2D eigenvalue weighted by Crippen LogP contribution is -2.35. The molecule has 0 unspecified atom stereocenters. The molecule has 8 aromatic rings. The minimum absolute atomic E-state index is 0.0270. The highest BCUT2D eigenvalue weighted by molar-refractivity contribution is 7.92. The fourth-order valence-corrected chi connectivity index (χ4v) is 23.9. The van der Waals surface area contributed by atoms with E-state index in [1.54, 1.807) is 0 Å². The normalized spacial score (nSPS) is 17.4. The van der Waals surface area contributed by atoms with Gasteiger partial charge in [0.25, 0.3) is 35.1 Å². The fraction of sp³-hybridized carbons (Fsp3) is 0.474. The van der Waals surface area contributed by atoms with E-state index in [9.17, 15) is 52.8 Å². The number of anilines is 4. The number of nitrogens with one attached hydrogen (secondary N) is 8. The molecule has 4 aliphatic heterocycles. The molecule has 8 aliphatic carbocycles. The highest BCUT2D eigenvalue weighted by Gasteiger charge is 2.39. The van der Waals surface area contributed by atoms with Crippen molar-refractivity contribution in [3.8, 4) is 23.0 Å². The number of aromatic nitrogens is 4. The fourth-order valence-electron chi connectivity index (χ4n) is 17.8. The van der Waals surface area contributed by atoms with E-state index >= 15 is 0 Å². The lowest BCUT2D eigenvalue weighted by atomic mass is 9.99. The summed E-state index contributed by atoms with van der Waals surface area (Å²) in [4.78, 5) is 51.2. The van der Waals surface area contributed by atoms with Crippen LogP contribution in [-0.4, -0.2) is 103 Å². The molecular formula is C76H84N12O18S6. The summed E-state index contributed by atoms with van der Waals surface area (Å²) in [5, 5.41) is 17.7. The van der Waals surface area contributed by atoms with E-state index in [2.05, 4.69) is 78.8 Å². The highest BCUT2D eigenvalue weighted by atomic mass is 32.2. The van der Waals surface area contributed by atoms with E-state index in [1.807, 2.05) is 4.72 Å². The lowest BCUT2D eigenvalue weighted by molar-refractivity contribution is 0.254. The zero-order valence-corrected chi connectivity index (χ0v) is 66.3. The molecule has 0 radical (unpaired) electrons. The van der Waals surface area contributed by atoms with Gasteiger partial charge in [-0.15, -0.1) is 0 Å². The van der Waals surface area contributed by atoms with Gasteiger partial charge in [-0.3, -0.25) is 0 Å². The molecule has 30 nitrogen and oxygen atoms in total. The molecule has 0 atom stereocenters. The molecule has 592 valence electrons. The summed E-state index contributed by atoms with van der Waals surface area (Å²) >= 11 is 1.97. The van der Waals surface area contributed by atoms with Gasteiger partial charge in [0.2, 0.25) is 20.7 Å². The Kier molecular flexibility index (Phi) is 20.8. The first-order chi connectivity index (χ1) is 54.1. The van der Waals surface area contributed by atoms with Crippen molar-refractivity contribution in [2.45, 2.75) is 225 Å². The number of urea groups is 4. The summed E-state index contributed by atoms with van der Waals surface area (Å²) < 4.78 is 150. The Bertz CT molecular complexity index is 4860. The van der Waals surface area contributed by atoms with Gasteiger partial charge in [0, 0.05) is 35.6 Å². The number of ether oxygens (including phenoxy) is 4. The van der Waals surface area contributed by atoms with Crippen LogP contribution in [0, 0.1) is 0 Å². The van der Waals surface area contributed by atoms with Crippen molar-refractivity contribution in [3.05, 3.63) is 135 Å². The third-order valence-electron chi connectivity index (χ3n) is 22.7. The van der Waals surface area contributed by atoms with Crippen LogP contribution < -0.4 is 59.1 Å². The molecule has 8 N–H and O–H groups in total. The maximum atomic E-state index is 12.8. The number of rotatable bonds is 12. The number of nitrogens with zero attached hydrogens (tertiary/aromatic N) is 4. The molecule has 20 rings (SSSR count). The summed E-state index contributed by atoms with van der Waals surface area (Å²) in [5.41, 5.74) is 23.6. The van der Waals surface area contributed by atoms with Crippen LogP contribution in [0.25, 0.3) is 0 Å². The number of carbonyl (C=O) groups is 4. The number of aryl methyl sites for hydroxylation is 12. The van der Waals surface area contributed by atoms with E-state index in [0.717, 1.165) is 281 Å². The predicted octanol–water partition coefficient (Wildman–Crippen LogP) is 10.9. The summed E-state index contributed by atoms with van der Waals surface area (Å²) in [6, 6.07) is 5.98. The zero-order valence-electron chi connectivity index (χ0n) is 61.4. The van der Waals surface area contributed by atoms with Gasteiger partial charge in [0.1, 0.15) is 5.69 Å². The molecule has 0 saturated carbocycles. The first-order valence-electron chi connectivity index (χ1n) is 38.6. The predicted molar refractivity (Wildman–Crippen MR) is 412 cm³/mol. The minimum atomic E-state index is -4.22. The van der Waals surface area contributed by atoms with Crippen molar-refractivity contribution >= 4 is 110 Å². The lowest BCUT2D eigenvalue weighted by Gasteiger charge is -2.17. The number of fused-ring (bicyclic) bond motifs is 12. The second kappa shape index (κ2) is 30.9. The second-order valence-electron chi connectivity index (χ2n) is 30.0. The van der Waals surface area contributed by atoms with Crippen LogP contribution in [0.2, 0.25) is 0 Å². The Morgan fingerprint density at radius 1 is 0.312 bits per heavy atom. The molecule has 0 fully saturated rings. The van der Waals surface area contributed by atoms with Crippen molar-refractivity contribution in [2.24, 2.45) is 0 Å². The SMILES string of the molecule is O=C(Nc1c2c(cc3c1CCC3)CCC2)NS(=O)(=O)c1noc2c1OCCC2.O=C(Nc1c2c(cc3c1CCC3)CCC2)NS(=O)(=O)c1nsc2c1OCCC2.O=C(Nc1c2c(cc3c1CCC3)CCC2)NS(=O)(=O)c1onc2c1OCCC2.O=C(Nc1c2c(cc3c1CCC3)CCC2)NS(=O)(=O)c1snc2c1OCCC2. The van der Waals surface area contributed by atoms with Gasteiger partial charge in [0.05, 0.1) is 37.0 Å². The standard InChI is InChI=1S/2C19H21N3O5S.2C19H21N3O4S2/c23-19(22-28(24,25)18-17-15(27-21-18)8-3-9-26-17)20-16-13-6-1-4-11(13)10-12-5-2-7-14(12)16;23-19(22-28(24,25)18-17-15(21-27-18)8-3-9-26-17)20-16-13-6-1-4-11(13)10-12-5-2-7-14(12)16;23-19(22-28(24,25)18-17-15(27-21-18)8-3-9-26-17)20-16-13-6-1-4-11(13)10-12-5-2-7-14(12)16;23-19(22-28(24,25)18-17-15(21-27-18)8-3-9-26-17)20-16-13-6-1-4-11(13)10-12-5-2-7-14(12)16/h4*10H,1-9H2,(H2,20,22,23). The maximum Gasteiger partial charge on any atom is 0.333 e. The van der Waals surface area contributed by atoms with Gasteiger partial charge in [0.15, 0.2) is 17.3 Å². The average Bonchev–Trinajstić information content (AvgIpc) is 1.60. The molecular weight excluding hydrogens is 1560 g/mol. The summed E-state index contributed by atoms with van der Waals surface area (Å²) in [6.45, 7) is 1.71. The number of benzene rings is 4. The highest BCUT2D eigenvalue weighted by Crippen LogP contribution is 2.45. The zero-order chi connectivity index (χ0) is 77.2. The maximum absolute atomic E-state index is 12.8. The number of hydrogen-bond acceptors (Lipinski definition) is 24. The number of hydrogen-bond donors (Lipinski definition) is 8. The van der Waals surface area contributed by atoms with Crippen molar-refractivity contribution in [2.75, 3.05) is 47.7 Å². The summed E-state index contributed by atoms with van der Waals surface area (Å²) in [7, 11) is -16.6. The molecule has 112 heavy (non-hydrogen) atoms. The molecule has 4 aromatic carbocycles. The van der Waals surface area contributed by atoms with Crippen LogP contribution in [0.4, 0.5) is 41.9 Å². The van der Waals surface area contributed by atoms with Crippen LogP contribution >= 0.6 is 23.1 Å². The van der Waals surface area contributed by atoms with E-state index in [4.69, 9.17) is 28.0 Å². The number of carbonyl (C=O) groups excluding carboxylic acids is 4. The Hall–Kier alpha value is -9.36. The molecule has 0 bridgehead atoms. The molecule has 12 aliphatic rings. The number of sulfonamides is 4. The van der Waals surface area contributed by atoms with E-state index in [-0.39, 0.29) is 37.3 Å².